The molecule has 1 aliphatic heterocycles. The average molecular weight is 572 g/mol. The van der Waals surface area contributed by atoms with Crippen molar-refractivity contribution in [3.05, 3.63) is 58.6 Å². The number of alkyl halides is 6. The number of carbonyl (C=O) groups excluding carboxylic acids is 1. The summed E-state index contributed by atoms with van der Waals surface area (Å²) in [5, 5.41) is 17.3. The highest BCUT2D eigenvalue weighted by Crippen LogP contribution is 2.43. The van der Waals surface area contributed by atoms with Crippen molar-refractivity contribution in [3.63, 3.8) is 0 Å². The Morgan fingerprint density at radius 1 is 1.05 bits per heavy atom. The van der Waals surface area contributed by atoms with Crippen LogP contribution in [0.2, 0.25) is 0 Å². The smallest absolute Gasteiger partial charge is 0.416 e. The molecule has 1 aromatic carbocycles. The number of benzene rings is 1. The number of fused-ring (bicyclic) bond motifs is 5. The van der Waals surface area contributed by atoms with Gasteiger partial charge in [0.25, 0.3) is 17.7 Å². The summed E-state index contributed by atoms with van der Waals surface area (Å²) in [5.41, 5.74) is 0.228. The molecular formula is C26H27F6N5O3. The molecule has 2 aromatic heterocycles. The molecule has 4 rings (SSSR count). The second kappa shape index (κ2) is 11.1. The number of pyridine rings is 1. The van der Waals surface area contributed by atoms with Gasteiger partial charge in [0.05, 0.1) is 11.3 Å². The van der Waals surface area contributed by atoms with Gasteiger partial charge >= 0.3 is 12.4 Å². The number of nitrogens with zero attached hydrogens (tertiary/aromatic N) is 4. The lowest BCUT2D eigenvalue weighted by atomic mass is 9.95. The number of nitrogen functional groups attached to an aromatic ring is 1. The number of aromatic nitrogens is 3. The fourth-order valence-corrected chi connectivity index (χ4v) is 4.63. The number of aliphatic hydroxyl groups is 1. The summed E-state index contributed by atoms with van der Waals surface area (Å²) < 4.78 is 89.0. The van der Waals surface area contributed by atoms with E-state index < -0.39 is 64.7 Å². The molecule has 0 unspecified atom stereocenters. The number of hydrogen-bond acceptors (Lipinski definition) is 7. The van der Waals surface area contributed by atoms with Crippen molar-refractivity contribution in [2.45, 2.75) is 69.9 Å². The van der Waals surface area contributed by atoms with Gasteiger partial charge in [-0.3, -0.25) is 4.79 Å². The molecule has 0 spiro atoms. The minimum absolute atomic E-state index is 0.0507. The van der Waals surface area contributed by atoms with Gasteiger partial charge in [-0.15, -0.1) is 10.2 Å². The quantitative estimate of drug-likeness (QED) is 0.389. The fourth-order valence-electron chi connectivity index (χ4n) is 4.63. The molecule has 3 N–H and O–H groups in total. The second-order valence-corrected chi connectivity index (χ2v) is 9.65. The van der Waals surface area contributed by atoms with Crippen LogP contribution < -0.4 is 5.73 Å². The zero-order valence-electron chi connectivity index (χ0n) is 21.4. The predicted octanol–water partition coefficient (Wildman–Crippen LogP) is 5.65. The summed E-state index contributed by atoms with van der Waals surface area (Å²) in [6, 6.07) is 7.65. The summed E-state index contributed by atoms with van der Waals surface area (Å²) in [7, 11) is 0. The van der Waals surface area contributed by atoms with Crippen molar-refractivity contribution in [2.75, 3.05) is 12.3 Å². The van der Waals surface area contributed by atoms with E-state index in [0.29, 0.717) is 12.5 Å². The van der Waals surface area contributed by atoms with Crippen molar-refractivity contribution in [1.29, 1.82) is 0 Å². The number of aryl methyl sites for hydroxylation is 1. The molecule has 0 saturated carbocycles. The van der Waals surface area contributed by atoms with Gasteiger partial charge < -0.3 is 20.2 Å². The molecule has 0 saturated heterocycles. The molecule has 216 valence electrons. The van der Waals surface area contributed by atoms with E-state index in [4.69, 9.17) is 10.2 Å². The number of rotatable bonds is 4. The summed E-state index contributed by atoms with van der Waals surface area (Å²) in [6.07, 6.45) is -9.46. The Kier molecular flexibility index (Phi) is 8.11. The number of hydrogen-bond donors (Lipinski definition) is 2. The van der Waals surface area contributed by atoms with Crippen LogP contribution >= 0.6 is 0 Å². The molecule has 1 amide bonds. The number of amides is 1. The van der Waals surface area contributed by atoms with E-state index in [1.54, 1.807) is 12.1 Å². The largest absolute Gasteiger partial charge is 0.426 e. The Bertz CT molecular complexity index is 1370. The molecule has 0 aliphatic carbocycles. The first kappa shape index (κ1) is 29.3. The zero-order chi connectivity index (χ0) is 29.3. The van der Waals surface area contributed by atoms with E-state index in [1.807, 2.05) is 19.1 Å². The monoisotopic (exact) mass is 571 g/mol. The zero-order valence-corrected chi connectivity index (χ0v) is 21.4. The standard InChI is InChI=1S/C26H27F6N5O3/c1-2-8-15-9-4-5-10-16(15)14-37-12-7-3-6-11-24(39,26(30,31)32)23-36-35-21(40-23)20-18(33)13-17(25(27,28)29)19(34-20)22(37)38/h4-5,9-10,13,39H,2-3,6-8,11-12,14,33H2,1H3/t24-/m1/s1. The molecule has 14 heteroatoms. The molecule has 1 atom stereocenters. The van der Waals surface area contributed by atoms with Crippen LogP contribution in [0.3, 0.4) is 0 Å². The van der Waals surface area contributed by atoms with E-state index >= 15 is 0 Å². The lowest BCUT2D eigenvalue weighted by Gasteiger charge is -2.28. The molecule has 3 heterocycles. The summed E-state index contributed by atoms with van der Waals surface area (Å²) in [6.45, 7) is 1.84. The van der Waals surface area contributed by atoms with Crippen LogP contribution in [0.25, 0.3) is 11.6 Å². The molecule has 0 radical (unpaired) electrons. The van der Waals surface area contributed by atoms with E-state index in [0.717, 1.165) is 17.5 Å². The fraction of sp³-hybridized carbons (Fsp3) is 0.462. The first-order valence-electron chi connectivity index (χ1n) is 12.6. The van der Waals surface area contributed by atoms with Gasteiger partial charge in [-0.05, 0) is 42.9 Å². The van der Waals surface area contributed by atoms with Crippen LogP contribution in [0.5, 0.6) is 0 Å². The van der Waals surface area contributed by atoms with Crippen molar-refractivity contribution < 1.29 is 40.7 Å². The van der Waals surface area contributed by atoms with Crippen LogP contribution in [0.15, 0.2) is 34.7 Å². The number of carbonyl (C=O) groups is 1. The minimum Gasteiger partial charge on any atom is -0.416 e. The third kappa shape index (κ3) is 5.76. The lowest BCUT2D eigenvalue weighted by molar-refractivity contribution is -0.277. The second-order valence-electron chi connectivity index (χ2n) is 9.65. The predicted molar refractivity (Wildman–Crippen MR) is 131 cm³/mol. The van der Waals surface area contributed by atoms with Crippen molar-refractivity contribution in [1.82, 2.24) is 20.1 Å². The van der Waals surface area contributed by atoms with Crippen LogP contribution in [-0.4, -0.2) is 43.8 Å². The number of nitrogens with two attached hydrogens (primary N) is 1. The van der Waals surface area contributed by atoms with Gasteiger partial charge in [0.15, 0.2) is 5.69 Å². The van der Waals surface area contributed by atoms with Gasteiger partial charge in [0.1, 0.15) is 5.69 Å². The maximum atomic E-state index is 14.1. The first-order valence-corrected chi connectivity index (χ1v) is 12.6. The number of halogens is 6. The summed E-state index contributed by atoms with van der Waals surface area (Å²) >= 11 is 0. The van der Waals surface area contributed by atoms with E-state index in [-0.39, 0.29) is 32.4 Å². The van der Waals surface area contributed by atoms with Crippen LogP contribution in [-0.2, 0) is 24.7 Å². The normalized spacial score (nSPS) is 19.0. The Labute approximate surface area is 225 Å². The van der Waals surface area contributed by atoms with Crippen molar-refractivity contribution >= 4 is 11.6 Å². The minimum atomic E-state index is -5.19. The summed E-state index contributed by atoms with van der Waals surface area (Å²) in [5.74, 6) is -3.01. The highest BCUT2D eigenvalue weighted by Gasteiger charge is 2.58. The van der Waals surface area contributed by atoms with Gasteiger partial charge in [-0.1, -0.05) is 44.0 Å². The maximum absolute atomic E-state index is 14.1. The van der Waals surface area contributed by atoms with E-state index in [1.165, 1.54) is 4.90 Å². The van der Waals surface area contributed by atoms with Crippen molar-refractivity contribution in [2.24, 2.45) is 0 Å². The van der Waals surface area contributed by atoms with Gasteiger partial charge in [0, 0.05) is 13.1 Å². The molecule has 0 fully saturated rings. The summed E-state index contributed by atoms with van der Waals surface area (Å²) in [4.78, 5) is 18.7. The third-order valence-electron chi connectivity index (χ3n) is 6.76. The molecule has 1 aliphatic rings. The maximum Gasteiger partial charge on any atom is 0.426 e. The van der Waals surface area contributed by atoms with Gasteiger partial charge in [-0.25, -0.2) is 4.98 Å². The molecule has 8 nitrogen and oxygen atoms in total. The highest BCUT2D eigenvalue weighted by atomic mass is 19.4. The topological polar surface area (TPSA) is 118 Å². The van der Waals surface area contributed by atoms with E-state index in [9.17, 15) is 36.2 Å². The molecule has 3 aromatic rings. The van der Waals surface area contributed by atoms with Crippen molar-refractivity contribution in [3.8, 4) is 11.6 Å². The average Bonchev–Trinajstić information content (AvgIpc) is 3.37. The molecular weight excluding hydrogens is 544 g/mol. The van der Waals surface area contributed by atoms with Gasteiger partial charge in [0.2, 0.25) is 5.60 Å². The molecule has 40 heavy (non-hydrogen) atoms. The SMILES string of the molecule is CCCc1ccccc1CN1CCCCC[C@](O)(C(F)(F)F)c2nnc(o2)-c2nc(c(C(F)(F)F)cc2N)C1=O. The number of anilines is 1. The highest BCUT2D eigenvalue weighted by molar-refractivity contribution is 5.95. The van der Waals surface area contributed by atoms with E-state index in [2.05, 4.69) is 15.2 Å². The Morgan fingerprint density at radius 2 is 1.75 bits per heavy atom. The Hall–Kier alpha value is -3.68. The third-order valence-corrected chi connectivity index (χ3v) is 6.76. The van der Waals surface area contributed by atoms with Crippen LogP contribution in [0.4, 0.5) is 32.0 Å². The molecule has 4 bridgehead atoms. The first-order chi connectivity index (χ1) is 18.8. The van der Waals surface area contributed by atoms with Crippen LogP contribution in [0.1, 0.15) is 72.1 Å². The van der Waals surface area contributed by atoms with Gasteiger partial charge in [-0.2, -0.15) is 26.3 Å². The lowest BCUT2D eigenvalue weighted by Crippen LogP contribution is -2.42. The Morgan fingerprint density at radius 3 is 2.40 bits per heavy atom. The Balaban J connectivity index is 1.87. The van der Waals surface area contributed by atoms with Crippen LogP contribution in [0, 0.1) is 0 Å².